The number of carbonyl (C=O) groups is 2. The van der Waals surface area contributed by atoms with E-state index in [0.29, 0.717) is 27.3 Å². The number of nitrogens with one attached hydrogen (secondary N) is 2. The van der Waals surface area contributed by atoms with Crippen LogP contribution in [0.2, 0.25) is 4.34 Å². The van der Waals surface area contributed by atoms with Gasteiger partial charge in [0.1, 0.15) is 4.34 Å². The molecule has 1 heterocycles. The van der Waals surface area contributed by atoms with Gasteiger partial charge in [-0.1, -0.05) is 47.2 Å². The van der Waals surface area contributed by atoms with Gasteiger partial charge in [0, 0.05) is 0 Å². The topological polar surface area (TPSA) is 89.5 Å². The molecule has 3 rings (SSSR count). The molecule has 7 nitrogen and oxygen atoms in total. The number of thiazole rings is 1. The second-order valence-corrected chi connectivity index (χ2v) is 6.79. The van der Waals surface area contributed by atoms with E-state index < -0.39 is 11.8 Å². The second-order valence-electron chi connectivity index (χ2n) is 5.13. The molecular weight excluding hydrogens is 390 g/mol. The molecule has 27 heavy (non-hydrogen) atoms. The van der Waals surface area contributed by atoms with E-state index in [4.69, 9.17) is 21.1 Å². The van der Waals surface area contributed by atoms with E-state index in [1.165, 1.54) is 13.3 Å². The highest BCUT2D eigenvalue weighted by atomic mass is 35.5. The second kappa shape index (κ2) is 8.52. The van der Waals surface area contributed by atoms with E-state index in [0.717, 1.165) is 11.3 Å². The van der Waals surface area contributed by atoms with Crippen molar-refractivity contribution in [2.75, 3.05) is 17.7 Å². The Hall–Kier alpha value is -3.10. The van der Waals surface area contributed by atoms with Gasteiger partial charge in [0.2, 0.25) is 0 Å². The van der Waals surface area contributed by atoms with Crippen LogP contribution in [0.15, 0.2) is 54.7 Å². The molecule has 0 bridgehead atoms. The molecule has 9 heteroatoms. The Morgan fingerprint density at radius 2 is 1.59 bits per heavy atom. The number of hydrogen-bond donors (Lipinski definition) is 2. The Balaban J connectivity index is 1.73. The first-order valence-electron chi connectivity index (χ1n) is 7.70. The first kappa shape index (κ1) is 18.7. The number of halogens is 1. The van der Waals surface area contributed by atoms with Crippen LogP contribution in [0.3, 0.4) is 0 Å². The number of anilines is 2. The predicted molar refractivity (Wildman–Crippen MR) is 104 cm³/mol. The van der Waals surface area contributed by atoms with Crippen molar-refractivity contribution in [3.8, 4) is 17.2 Å². The van der Waals surface area contributed by atoms with Crippen molar-refractivity contribution in [3.63, 3.8) is 0 Å². The number of amides is 2. The molecule has 1 aromatic heterocycles. The number of aromatic nitrogens is 1. The first-order chi connectivity index (χ1) is 13.1. The molecule has 0 aliphatic carbocycles. The minimum Gasteiger partial charge on any atom is -0.493 e. The van der Waals surface area contributed by atoms with Crippen molar-refractivity contribution in [1.82, 2.24) is 4.98 Å². The maximum absolute atomic E-state index is 12.2. The molecular formula is C18H14ClN3O4S. The van der Waals surface area contributed by atoms with Crippen LogP contribution in [-0.4, -0.2) is 23.9 Å². The van der Waals surface area contributed by atoms with Gasteiger partial charge in [-0.15, -0.1) is 0 Å². The third-order valence-electron chi connectivity index (χ3n) is 3.33. The van der Waals surface area contributed by atoms with Crippen molar-refractivity contribution in [2.45, 2.75) is 0 Å². The number of ether oxygens (including phenoxy) is 2. The van der Waals surface area contributed by atoms with Gasteiger partial charge in [0.05, 0.1) is 19.0 Å². The van der Waals surface area contributed by atoms with Crippen molar-refractivity contribution < 1.29 is 19.1 Å². The lowest BCUT2D eigenvalue weighted by atomic mass is 10.2. The number of carbonyl (C=O) groups excluding carboxylic acids is 2. The minimum atomic E-state index is -0.867. The van der Waals surface area contributed by atoms with Crippen LogP contribution in [0.5, 0.6) is 17.2 Å². The quantitative estimate of drug-likeness (QED) is 0.624. The monoisotopic (exact) mass is 403 g/mol. The van der Waals surface area contributed by atoms with Gasteiger partial charge in [-0.2, -0.15) is 0 Å². The van der Waals surface area contributed by atoms with Crippen LogP contribution in [0.25, 0.3) is 0 Å². The van der Waals surface area contributed by atoms with Gasteiger partial charge in [0.25, 0.3) is 0 Å². The molecule has 0 radical (unpaired) electrons. The van der Waals surface area contributed by atoms with Crippen molar-refractivity contribution in [3.05, 3.63) is 59.1 Å². The Morgan fingerprint density at radius 3 is 2.26 bits per heavy atom. The van der Waals surface area contributed by atoms with E-state index in [1.54, 1.807) is 42.5 Å². The number of nitrogens with zero attached hydrogens (tertiary/aromatic N) is 1. The molecule has 0 spiro atoms. The first-order valence-corrected chi connectivity index (χ1v) is 8.90. The van der Waals surface area contributed by atoms with Gasteiger partial charge in [-0.3, -0.25) is 14.9 Å². The summed E-state index contributed by atoms with van der Waals surface area (Å²) in [6, 6.07) is 13.8. The van der Waals surface area contributed by atoms with Crippen molar-refractivity contribution in [1.29, 1.82) is 0 Å². The molecule has 0 atom stereocenters. The normalized spacial score (nSPS) is 10.1. The van der Waals surface area contributed by atoms with Crippen molar-refractivity contribution in [2.24, 2.45) is 0 Å². The lowest BCUT2D eigenvalue weighted by Gasteiger charge is -2.13. The number of hydrogen-bond acceptors (Lipinski definition) is 6. The van der Waals surface area contributed by atoms with Crippen LogP contribution < -0.4 is 20.1 Å². The van der Waals surface area contributed by atoms with E-state index >= 15 is 0 Å². The minimum absolute atomic E-state index is 0.235. The molecule has 0 unspecified atom stereocenters. The zero-order chi connectivity index (χ0) is 19.2. The Bertz CT molecular complexity index is 977. The summed E-state index contributed by atoms with van der Waals surface area (Å²) < 4.78 is 11.5. The maximum atomic E-state index is 12.2. The molecule has 138 valence electrons. The third-order valence-corrected chi connectivity index (χ3v) is 4.36. The van der Waals surface area contributed by atoms with Gasteiger partial charge in [-0.05, 0) is 24.3 Å². The Morgan fingerprint density at radius 1 is 0.963 bits per heavy atom. The fourth-order valence-electron chi connectivity index (χ4n) is 2.13. The van der Waals surface area contributed by atoms with Crippen LogP contribution in [0, 0.1) is 0 Å². The summed E-state index contributed by atoms with van der Waals surface area (Å²) in [5.41, 5.74) is 0.334. The summed E-state index contributed by atoms with van der Waals surface area (Å²) in [6.45, 7) is 0. The maximum Gasteiger partial charge on any atom is 0.315 e. The van der Waals surface area contributed by atoms with Gasteiger partial charge >= 0.3 is 11.8 Å². The van der Waals surface area contributed by atoms with Crippen molar-refractivity contribution >= 4 is 45.6 Å². The van der Waals surface area contributed by atoms with Gasteiger partial charge in [0.15, 0.2) is 22.4 Å². The van der Waals surface area contributed by atoms with E-state index in [-0.39, 0.29) is 5.13 Å². The zero-order valence-electron chi connectivity index (χ0n) is 14.1. The molecule has 0 aliphatic rings. The van der Waals surface area contributed by atoms with Crippen LogP contribution in [-0.2, 0) is 9.59 Å². The molecule has 2 amide bonds. The Labute approximate surface area is 163 Å². The molecule has 0 fully saturated rings. The number of benzene rings is 2. The summed E-state index contributed by atoms with van der Waals surface area (Å²) in [7, 11) is 1.53. The average molecular weight is 404 g/mol. The smallest absolute Gasteiger partial charge is 0.315 e. The largest absolute Gasteiger partial charge is 0.493 e. The Kier molecular flexibility index (Phi) is 5.90. The van der Waals surface area contributed by atoms with Crippen LogP contribution in [0.4, 0.5) is 10.8 Å². The highest BCUT2D eigenvalue weighted by Crippen LogP contribution is 2.34. The number of para-hydroxylation sites is 4. The number of methoxy groups -OCH3 is 1. The SMILES string of the molecule is COc1ccccc1Oc1ccccc1NC(=O)C(=O)Nc1ncc(Cl)s1. The fourth-order valence-corrected chi connectivity index (χ4v) is 2.93. The highest BCUT2D eigenvalue weighted by molar-refractivity contribution is 7.19. The highest BCUT2D eigenvalue weighted by Gasteiger charge is 2.18. The predicted octanol–water partition coefficient (Wildman–Crippen LogP) is 4.17. The molecule has 3 aromatic rings. The van der Waals surface area contributed by atoms with Gasteiger partial charge < -0.3 is 14.8 Å². The summed E-state index contributed by atoms with van der Waals surface area (Å²) in [6.07, 6.45) is 1.39. The molecule has 2 aromatic carbocycles. The number of rotatable bonds is 5. The zero-order valence-corrected chi connectivity index (χ0v) is 15.6. The van der Waals surface area contributed by atoms with E-state index in [1.807, 2.05) is 6.07 Å². The summed E-state index contributed by atoms with van der Waals surface area (Å²) in [5, 5.41) is 5.14. The molecule has 0 aliphatic heterocycles. The van der Waals surface area contributed by atoms with E-state index in [2.05, 4.69) is 15.6 Å². The molecule has 0 saturated heterocycles. The van der Waals surface area contributed by atoms with Gasteiger partial charge in [-0.25, -0.2) is 4.98 Å². The average Bonchev–Trinajstić information content (AvgIpc) is 3.08. The summed E-state index contributed by atoms with van der Waals surface area (Å²) in [4.78, 5) is 28.1. The standard InChI is InChI=1S/C18H14ClN3O4S/c1-25-13-8-4-5-9-14(13)26-12-7-3-2-6-11(12)21-16(23)17(24)22-18-20-10-15(19)27-18/h2-10H,1H3,(H,21,23)(H,20,22,24). The van der Waals surface area contributed by atoms with E-state index in [9.17, 15) is 9.59 Å². The summed E-state index contributed by atoms with van der Waals surface area (Å²) in [5.74, 6) is -0.355. The molecule has 0 saturated carbocycles. The molecule has 2 N–H and O–H groups in total. The van der Waals surface area contributed by atoms with Crippen LogP contribution >= 0.6 is 22.9 Å². The third kappa shape index (κ3) is 4.75. The lowest BCUT2D eigenvalue weighted by Crippen LogP contribution is -2.29. The lowest BCUT2D eigenvalue weighted by molar-refractivity contribution is -0.133. The fraction of sp³-hybridized carbons (Fsp3) is 0.0556. The van der Waals surface area contributed by atoms with Crippen LogP contribution in [0.1, 0.15) is 0 Å². The summed E-state index contributed by atoms with van der Waals surface area (Å²) >= 11 is 6.81.